The van der Waals surface area contributed by atoms with Crippen LogP contribution >= 0.6 is 0 Å². The number of piperidine rings is 1. The zero-order chi connectivity index (χ0) is 16.4. The van der Waals surface area contributed by atoms with Gasteiger partial charge in [0.2, 0.25) is 0 Å². The molecule has 2 N–H and O–H groups in total. The van der Waals surface area contributed by atoms with Crippen LogP contribution in [-0.2, 0) is 0 Å². The predicted octanol–water partition coefficient (Wildman–Crippen LogP) is 3.60. The largest absolute Gasteiger partial charge is 0.375 e. The van der Waals surface area contributed by atoms with Gasteiger partial charge in [0, 0.05) is 23.9 Å². The molecule has 2 aromatic carbocycles. The van der Waals surface area contributed by atoms with Gasteiger partial charge >= 0.3 is 0 Å². The lowest BCUT2D eigenvalue weighted by atomic mass is 9.67. The summed E-state index contributed by atoms with van der Waals surface area (Å²) in [5.74, 6) is -0.408. The number of rotatable bonds is 2. The van der Waals surface area contributed by atoms with Gasteiger partial charge in [-0.1, -0.05) is 74.5 Å². The first kappa shape index (κ1) is 15.7. The summed E-state index contributed by atoms with van der Waals surface area (Å²) in [4.78, 5) is 0. The average molecular weight is 306 g/mol. The maximum absolute atomic E-state index is 11.1. The van der Waals surface area contributed by atoms with Gasteiger partial charge < -0.3 is 10.4 Å². The van der Waals surface area contributed by atoms with E-state index >= 15 is 0 Å². The molecule has 1 fully saturated rings. The predicted molar refractivity (Wildman–Crippen MR) is 90.4 cm³/mol. The van der Waals surface area contributed by atoms with Crippen LogP contribution in [0.1, 0.15) is 37.1 Å². The molecule has 0 saturated carbocycles. The Morgan fingerprint density at radius 3 is 1.61 bits per heavy atom. The second kappa shape index (κ2) is 6.16. The molecule has 23 heavy (non-hydrogen) atoms. The highest BCUT2D eigenvalue weighted by Crippen LogP contribution is 2.46. The summed E-state index contributed by atoms with van der Waals surface area (Å²) in [5.41, 5.74) is 0.828. The summed E-state index contributed by atoms with van der Waals surface area (Å²) in [6.45, 7) is 3.90. The van der Waals surface area contributed by atoms with Crippen molar-refractivity contribution in [2.24, 2.45) is 11.8 Å². The molecule has 3 heteroatoms. The number of hydrogen-bond acceptors (Lipinski definition) is 3. The minimum absolute atomic E-state index is 0.0674. The van der Waals surface area contributed by atoms with Crippen LogP contribution in [0.3, 0.4) is 0 Å². The summed E-state index contributed by atoms with van der Waals surface area (Å²) in [6, 6.07) is 22.2. The molecule has 0 radical (unpaired) electrons. The maximum atomic E-state index is 11.1. The molecule has 1 aliphatic heterocycles. The second-order valence-corrected chi connectivity index (χ2v) is 6.46. The number of hydrogen-bond donors (Lipinski definition) is 2. The van der Waals surface area contributed by atoms with Crippen LogP contribution in [0, 0.1) is 23.2 Å². The fraction of sp³-hybridized carbons (Fsp3) is 0.350. The standard InChI is InChI=1S/C20H22N2O/c1-14-18(16-9-5-3-6-10-16)22-19(15(2)20(14,23)13-21)17-11-7-4-8-12-17/h3-12,14-15,18-19,22-23H,1-2H3/t14-,15-,18-,19+,20?/m1/s1. The van der Waals surface area contributed by atoms with E-state index in [-0.39, 0.29) is 23.9 Å². The third-order valence-corrected chi connectivity index (χ3v) is 5.24. The van der Waals surface area contributed by atoms with Crippen LogP contribution in [0.5, 0.6) is 0 Å². The fourth-order valence-electron chi connectivity index (χ4n) is 3.70. The van der Waals surface area contributed by atoms with Crippen LogP contribution in [0.15, 0.2) is 60.7 Å². The Morgan fingerprint density at radius 2 is 1.26 bits per heavy atom. The van der Waals surface area contributed by atoms with E-state index in [0.29, 0.717) is 0 Å². The maximum Gasteiger partial charge on any atom is 0.159 e. The molecule has 1 heterocycles. The van der Waals surface area contributed by atoms with Gasteiger partial charge in [-0.15, -0.1) is 0 Å². The zero-order valence-corrected chi connectivity index (χ0v) is 13.5. The van der Waals surface area contributed by atoms with Crippen molar-refractivity contribution in [3.05, 3.63) is 71.8 Å². The number of benzene rings is 2. The van der Waals surface area contributed by atoms with Gasteiger partial charge in [-0.3, -0.25) is 0 Å². The molecular formula is C20H22N2O. The molecule has 0 aliphatic carbocycles. The topological polar surface area (TPSA) is 56.0 Å². The Bertz CT molecular complexity index is 641. The van der Waals surface area contributed by atoms with Gasteiger partial charge in [0.1, 0.15) is 0 Å². The van der Waals surface area contributed by atoms with Gasteiger partial charge in [0.25, 0.3) is 0 Å². The van der Waals surface area contributed by atoms with Crippen molar-refractivity contribution < 1.29 is 5.11 Å². The Hall–Kier alpha value is -2.15. The van der Waals surface area contributed by atoms with E-state index in [1.165, 1.54) is 0 Å². The van der Waals surface area contributed by atoms with Crippen LogP contribution < -0.4 is 5.32 Å². The molecule has 0 bridgehead atoms. The van der Waals surface area contributed by atoms with E-state index < -0.39 is 5.60 Å². The van der Waals surface area contributed by atoms with Gasteiger partial charge in [0.15, 0.2) is 5.60 Å². The van der Waals surface area contributed by atoms with Crippen molar-refractivity contribution in [1.29, 1.82) is 5.26 Å². The van der Waals surface area contributed by atoms with Crippen molar-refractivity contribution >= 4 is 0 Å². The fourth-order valence-corrected chi connectivity index (χ4v) is 3.70. The summed E-state index contributed by atoms with van der Waals surface area (Å²) in [6.07, 6.45) is 0. The monoisotopic (exact) mass is 306 g/mol. The number of nitrogens with one attached hydrogen (secondary N) is 1. The first-order valence-corrected chi connectivity index (χ1v) is 8.07. The highest BCUT2D eigenvalue weighted by atomic mass is 16.3. The van der Waals surface area contributed by atoms with Crippen LogP contribution in [-0.4, -0.2) is 10.7 Å². The van der Waals surface area contributed by atoms with Gasteiger partial charge in [-0.25, -0.2) is 0 Å². The Labute approximate surface area is 137 Å². The van der Waals surface area contributed by atoms with Crippen molar-refractivity contribution in [1.82, 2.24) is 5.32 Å². The highest BCUT2D eigenvalue weighted by molar-refractivity contribution is 5.30. The lowest BCUT2D eigenvalue weighted by Gasteiger charge is -2.48. The molecule has 118 valence electrons. The van der Waals surface area contributed by atoms with Gasteiger partial charge in [0.05, 0.1) is 6.07 Å². The third-order valence-electron chi connectivity index (χ3n) is 5.24. The molecule has 1 saturated heterocycles. The van der Waals surface area contributed by atoms with Crippen molar-refractivity contribution in [3.8, 4) is 6.07 Å². The van der Waals surface area contributed by atoms with Crippen LogP contribution in [0.25, 0.3) is 0 Å². The summed E-state index contributed by atoms with van der Waals surface area (Å²) < 4.78 is 0. The van der Waals surface area contributed by atoms with Crippen LogP contribution in [0.4, 0.5) is 0 Å². The third kappa shape index (κ3) is 2.65. The van der Waals surface area contributed by atoms with E-state index in [4.69, 9.17) is 0 Å². The summed E-state index contributed by atoms with van der Waals surface area (Å²) in [7, 11) is 0. The van der Waals surface area contributed by atoms with Crippen molar-refractivity contribution in [3.63, 3.8) is 0 Å². The molecule has 1 unspecified atom stereocenters. The van der Waals surface area contributed by atoms with Gasteiger partial charge in [-0.2, -0.15) is 5.26 Å². The van der Waals surface area contributed by atoms with E-state index in [2.05, 4.69) is 11.4 Å². The second-order valence-electron chi connectivity index (χ2n) is 6.46. The SMILES string of the molecule is C[C@@H]1[C@@H](c2ccccc2)N[C@@H](c2ccccc2)[C@@H](C)C1(O)C#N. The van der Waals surface area contributed by atoms with E-state index in [1.807, 2.05) is 74.5 Å². The Kier molecular flexibility index (Phi) is 4.21. The molecule has 3 rings (SSSR count). The molecule has 2 aromatic rings. The van der Waals surface area contributed by atoms with E-state index in [1.54, 1.807) is 0 Å². The lowest BCUT2D eigenvalue weighted by molar-refractivity contribution is -0.0662. The van der Waals surface area contributed by atoms with Crippen molar-refractivity contribution in [2.75, 3.05) is 0 Å². The smallest absolute Gasteiger partial charge is 0.159 e. The zero-order valence-electron chi connectivity index (χ0n) is 13.5. The Balaban J connectivity index is 2.04. The summed E-state index contributed by atoms with van der Waals surface area (Å²) in [5, 5.41) is 24.4. The van der Waals surface area contributed by atoms with E-state index in [9.17, 15) is 10.4 Å². The number of aliphatic hydroxyl groups is 1. The molecule has 3 nitrogen and oxygen atoms in total. The molecule has 0 spiro atoms. The quantitative estimate of drug-likeness (QED) is 0.834. The normalized spacial score (nSPS) is 33.8. The van der Waals surface area contributed by atoms with E-state index in [0.717, 1.165) is 11.1 Å². The van der Waals surface area contributed by atoms with Crippen LogP contribution in [0.2, 0.25) is 0 Å². The van der Waals surface area contributed by atoms with Crippen molar-refractivity contribution in [2.45, 2.75) is 31.5 Å². The highest BCUT2D eigenvalue weighted by Gasteiger charge is 2.51. The lowest BCUT2D eigenvalue weighted by Crippen LogP contribution is -2.56. The molecule has 0 aromatic heterocycles. The number of nitriles is 1. The first-order chi connectivity index (χ1) is 11.1. The average Bonchev–Trinajstić information content (AvgIpc) is 2.61. The Morgan fingerprint density at radius 1 is 0.870 bits per heavy atom. The molecule has 1 aliphatic rings. The minimum atomic E-state index is -1.37. The molecule has 5 atom stereocenters. The number of nitrogens with zero attached hydrogens (tertiary/aromatic N) is 1. The molecular weight excluding hydrogens is 284 g/mol. The first-order valence-electron chi connectivity index (χ1n) is 8.07. The minimum Gasteiger partial charge on any atom is -0.375 e. The molecule has 0 amide bonds. The van der Waals surface area contributed by atoms with Gasteiger partial charge in [-0.05, 0) is 11.1 Å². The summed E-state index contributed by atoms with van der Waals surface area (Å²) >= 11 is 0.